The number of benzene rings is 1. The van der Waals surface area contributed by atoms with Crippen molar-refractivity contribution < 1.29 is 27.4 Å². The van der Waals surface area contributed by atoms with Crippen LogP contribution in [0.5, 0.6) is 11.5 Å². The number of alkyl halides is 3. The van der Waals surface area contributed by atoms with Gasteiger partial charge >= 0.3 is 6.18 Å². The first kappa shape index (κ1) is 15.6. The molecule has 8 heteroatoms. The van der Waals surface area contributed by atoms with Crippen LogP contribution in [0.25, 0.3) is 0 Å². The number of hydrogen-bond donors (Lipinski definition) is 1. The van der Waals surface area contributed by atoms with Gasteiger partial charge in [0, 0.05) is 17.8 Å². The van der Waals surface area contributed by atoms with Crippen molar-refractivity contribution in [2.45, 2.75) is 12.6 Å². The molecule has 1 aromatic rings. The van der Waals surface area contributed by atoms with Gasteiger partial charge < -0.3 is 14.8 Å². The van der Waals surface area contributed by atoms with Crippen LogP contribution in [0, 0.1) is 0 Å². The zero-order chi connectivity index (χ0) is 14.6. The second-order valence-electron chi connectivity index (χ2n) is 3.53. The van der Waals surface area contributed by atoms with Crippen LogP contribution in [-0.4, -0.2) is 26.3 Å². The molecule has 0 bridgehead atoms. The number of amides is 1. The van der Waals surface area contributed by atoms with Crippen LogP contribution in [0.15, 0.2) is 16.6 Å². The van der Waals surface area contributed by atoms with Gasteiger partial charge in [-0.3, -0.25) is 4.79 Å². The van der Waals surface area contributed by atoms with Crippen molar-refractivity contribution in [3.63, 3.8) is 0 Å². The van der Waals surface area contributed by atoms with Gasteiger partial charge in [-0.1, -0.05) is 0 Å². The first-order valence-corrected chi connectivity index (χ1v) is 5.84. The Morgan fingerprint density at radius 3 is 2.11 bits per heavy atom. The Bertz CT molecular complexity index is 452. The van der Waals surface area contributed by atoms with Crippen LogP contribution in [0.4, 0.5) is 18.9 Å². The molecule has 0 radical (unpaired) electrons. The van der Waals surface area contributed by atoms with Crippen LogP contribution in [0.3, 0.4) is 0 Å². The van der Waals surface area contributed by atoms with Crippen molar-refractivity contribution in [1.82, 2.24) is 0 Å². The van der Waals surface area contributed by atoms with Gasteiger partial charge in [0.15, 0.2) is 0 Å². The second-order valence-corrected chi connectivity index (χ2v) is 4.33. The molecule has 0 aliphatic heterocycles. The fraction of sp³-hybridized carbons (Fsp3) is 0.364. The summed E-state index contributed by atoms with van der Waals surface area (Å²) in [5.41, 5.74) is 0.158. The molecule has 0 atom stereocenters. The molecule has 1 amide bonds. The quantitative estimate of drug-likeness (QED) is 0.913. The van der Waals surface area contributed by atoms with E-state index < -0.39 is 18.5 Å². The molecule has 0 aliphatic carbocycles. The number of ether oxygens (including phenoxy) is 2. The third-order valence-corrected chi connectivity index (χ3v) is 2.87. The van der Waals surface area contributed by atoms with Crippen molar-refractivity contribution in [2.75, 3.05) is 19.5 Å². The minimum absolute atomic E-state index is 0.158. The van der Waals surface area contributed by atoms with E-state index in [-0.39, 0.29) is 5.69 Å². The lowest BCUT2D eigenvalue weighted by molar-refractivity contribution is -0.150. The van der Waals surface area contributed by atoms with Crippen molar-refractivity contribution >= 4 is 27.5 Å². The summed E-state index contributed by atoms with van der Waals surface area (Å²) in [5, 5.41) is 2.14. The SMILES string of the molecule is COc1cc(NC(=O)CC(F)(F)F)cc(OC)c1Br. The molecule has 19 heavy (non-hydrogen) atoms. The summed E-state index contributed by atoms with van der Waals surface area (Å²) in [4.78, 5) is 11.2. The minimum Gasteiger partial charge on any atom is -0.495 e. The number of carbonyl (C=O) groups is 1. The maximum atomic E-state index is 12.0. The standard InChI is InChI=1S/C11H11BrF3NO3/c1-18-7-3-6(4-8(19-2)10(7)12)16-9(17)5-11(13,14)15/h3-4H,5H2,1-2H3,(H,16,17). The van der Waals surface area contributed by atoms with Crippen molar-refractivity contribution in [3.8, 4) is 11.5 Å². The summed E-state index contributed by atoms with van der Waals surface area (Å²) < 4.78 is 46.7. The van der Waals surface area contributed by atoms with Gasteiger partial charge in [0.05, 0.1) is 14.2 Å². The molecule has 0 spiro atoms. The molecule has 1 N–H and O–H groups in total. The zero-order valence-electron chi connectivity index (χ0n) is 10.1. The molecule has 0 unspecified atom stereocenters. The third-order valence-electron chi connectivity index (χ3n) is 2.09. The van der Waals surface area contributed by atoms with E-state index in [0.717, 1.165) is 0 Å². The van der Waals surface area contributed by atoms with E-state index in [2.05, 4.69) is 21.2 Å². The van der Waals surface area contributed by atoms with Gasteiger partial charge in [-0.25, -0.2) is 0 Å². The Balaban J connectivity index is 2.93. The van der Waals surface area contributed by atoms with E-state index in [9.17, 15) is 18.0 Å². The first-order valence-electron chi connectivity index (χ1n) is 5.05. The summed E-state index contributed by atoms with van der Waals surface area (Å²) in [7, 11) is 2.78. The molecule has 1 aromatic carbocycles. The maximum absolute atomic E-state index is 12.0. The highest BCUT2D eigenvalue weighted by molar-refractivity contribution is 9.10. The largest absolute Gasteiger partial charge is 0.495 e. The van der Waals surface area contributed by atoms with Crippen molar-refractivity contribution in [2.24, 2.45) is 0 Å². The third kappa shape index (κ3) is 4.62. The summed E-state index contributed by atoms with van der Waals surface area (Å²) in [6.45, 7) is 0. The second kappa shape index (κ2) is 6.14. The molecule has 0 saturated heterocycles. The van der Waals surface area contributed by atoms with E-state index in [4.69, 9.17) is 9.47 Å². The smallest absolute Gasteiger partial charge is 0.397 e. The Labute approximate surface area is 116 Å². The van der Waals surface area contributed by atoms with Gasteiger partial charge in [0.1, 0.15) is 22.4 Å². The zero-order valence-corrected chi connectivity index (χ0v) is 11.7. The number of rotatable bonds is 4. The van der Waals surface area contributed by atoms with E-state index >= 15 is 0 Å². The number of anilines is 1. The van der Waals surface area contributed by atoms with E-state index in [1.54, 1.807) is 0 Å². The molecular weight excluding hydrogens is 331 g/mol. The highest BCUT2D eigenvalue weighted by Gasteiger charge is 2.31. The average Bonchev–Trinajstić information content (AvgIpc) is 2.28. The Morgan fingerprint density at radius 1 is 1.26 bits per heavy atom. The molecular formula is C11H11BrF3NO3. The molecule has 0 fully saturated rings. The van der Waals surface area contributed by atoms with Gasteiger partial charge in [0.25, 0.3) is 0 Å². The molecule has 106 valence electrons. The normalized spacial score (nSPS) is 11.1. The molecule has 0 saturated carbocycles. The lowest BCUT2D eigenvalue weighted by Crippen LogP contribution is -2.21. The maximum Gasteiger partial charge on any atom is 0.397 e. The molecule has 0 aromatic heterocycles. The molecule has 1 rings (SSSR count). The van der Waals surface area contributed by atoms with Crippen LogP contribution in [0.2, 0.25) is 0 Å². The summed E-state index contributed by atoms with van der Waals surface area (Å²) in [6, 6.07) is 2.78. The fourth-order valence-electron chi connectivity index (χ4n) is 1.33. The highest BCUT2D eigenvalue weighted by atomic mass is 79.9. The lowest BCUT2D eigenvalue weighted by Gasteiger charge is -2.13. The highest BCUT2D eigenvalue weighted by Crippen LogP contribution is 2.37. The van der Waals surface area contributed by atoms with Crippen molar-refractivity contribution in [1.29, 1.82) is 0 Å². The molecule has 0 heterocycles. The van der Waals surface area contributed by atoms with Crippen LogP contribution in [0.1, 0.15) is 6.42 Å². The summed E-state index contributed by atoms with van der Waals surface area (Å²) in [6.07, 6.45) is -6.10. The molecule has 4 nitrogen and oxygen atoms in total. The van der Waals surface area contributed by atoms with Crippen LogP contribution in [-0.2, 0) is 4.79 Å². The predicted molar refractivity (Wildman–Crippen MR) is 66.5 cm³/mol. The predicted octanol–water partition coefficient (Wildman–Crippen LogP) is 3.36. The van der Waals surface area contributed by atoms with E-state index in [0.29, 0.717) is 16.0 Å². The van der Waals surface area contributed by atoms with Gasteiger partial charge in [-0.2, -0.15) is 13.2 Å². The van der Waals surface area contributed by atoms with Gasteiger partial charge in [-0.15, -0.1) is 0 Å². The Kier molecular flexibility index (Phi) is 5.04. The Morgan fingerprint density at radius 2 is 1.74 bits per heavy atom. The topological polar surface area (TPSA) is 47.6 Å². The first-order chi connectivity index (χ1) is 8.76. The lowest BCUT2D eigenvalue weighted by atomic mass is 10.2. The van der Waals surface area contributed by atoms with Crippen molar-refractivity contribution in [3.05, 3.63) is 16.6 Å². The summed E-state index contributed by atoms with van der Waals surface area (Å²) >= 11 is 3.21. The number of nitrogens with one attached hydrogen (secondary N) is 1. The number of halogens is 4. The van der Waals surface area contributed by atoms with E-state index in [1.807, 2.05) is 0 Å². The number of hydrogen-bond acceptors (Lipinski definition) is 3. The Hall–Kier alpha value is -1.44. The van der Waals surface area contributed by atoms with Gasteiger partial charge in [0.2, 0.25) is 5.91 Å². The fourth-order valence-corrected chi connectivity index (χ4v) is 1.88. The summed E-state index contributed by atoms with van der Waals surface area (Å²) in [5.74, 6) is -0.484. The number of methoxy groups -OCH3 is 2. The molecule has 0 aliphatic rings. The monoisotopic (exact) mass is 341 g/mol. The van der Waals surface area contributed by atoms with Gasteiger partial charge in [-0.05, 0) is 15.9 Å². The average molecular weight is 342 g/mol. The van der Waals surface area contributed by atoms with Crippen LogP contribution < -0.4 is 14.8 Å². The number of carbonyl (C=O) groups excluding carboxylic acids is 1. The van der Waals surface area contributed by atoms with E-state index in [1.165, 1.54) is 26.4 Å². The minimum atomic E-state index is -4.55. The van der Waals surface area contributed by atoms with Crippen LogP contribution >= 0.6 is 15.9 Å².